The van der Waals surface area contributed by atoms with Gasteiger partial charge in [0.15, 0.2) is 0 Å². The molecule has 0 bridgehead atoms. The highest BCUT2D eigenvalue weighted by atomic mass is 16.5. The number of rotatable bonds is 4. The molecule has 0 fully saturated rings. The molecular formula is C14H14N4O3. The minimum absolute atomic E-state index is 0.180. The first kappa shape index (κ1) is 13.3. The maximum Gasteiger partial charge on any atom is 0.323 e. The van der Waals surface area contributed by atoms with Gasteiger partial charge in [0.1, 0.15) is 24.3 Å². The zero-order valence-electron chi connectivity index (χ0n) is 11.4. The number of nitrogen functional groups attached to an aromatic ring is 1. The molecule has 0 saturated carbocycles. The fraction of sp³-hybridized carbons (Fsp3) is 0.214. The Morgan fingerprint density at radius 3 is 2.95 bits per heavy atom. The van der Waals surface area contributed by atoms with E-state index in [0.29, 0.717) is 23.5 Å². The van der Waals surface area contributed by atoms with Crippen LogP contribution in [0.4, 0.5) is 5.82 Å². The number of hydrogen-bond acceptors (Lipinski definition) is 5. The molecule has 3 N–H and O–H groups in total. The molecule has 0 atom stereocenters. The summed E-state index contributed by atoms with van der Waals surface area (Å²) in [6.07, 6.45) is 1.34. The van der Waals surface area contributed by atoms with E-state index in [1.54, 1.807) is 11.7 Å². The second-order valence-electron chi connectivity index (χ2n) is 4.72. The number of aromatic nitrogens is 3. The fourth-order valence-corrected chi connectivity index (χ4v) is 2.54. The molecule has 2 heterocycles. The van der Waals surface area contributed by atoms with Crippen LogP contribution in [-0.4, -0.2) is 32.7 Å². The van der Waals surface area contributed by atoms with Crippen molar-refractivity contribution in [2.45, 2.75) is 13.2 Å². The van der Waals surface area contributed by atoms with E-state index in [4.69, 9.17) is 15.6 Å². The Kier molecular flexibility index (Phi) is 3.19. The zero-order valence-corrected chi connectivity index (χ0v) is 11.4. The number of carboxylic acid groups (broad SMARTS) is 1. The Bertz CT molecular complexity index is 841. The van der Waals surface area contributed by atoms with Gasteiger partial charge in [-0.15, -0.1) is 0 Å². The Hall–Kier alpha value is -2.67. The molecule has 0 saturated heterocycles. The number of benzene rings is 1. The molecule has 21 heavy (non-hydrogen) atoms. The lowest BCUT2D eigenvalue weighted by Crippen LogP contribution is -2.09. The number of ether oxygens (including phenoxy) is 1. The molecule has 0 radical (unpaired) electrons. The normalized spacial score (nSPS) is 11.3. The van der Waals surface area contributed by atoms with E-state index >= 15 is 0 Å². The van der Waals surface area contributed by atoms with Gasteiger partial charge in [-0.25, -0.2) is 9.97 Å². The second-order valence-corrected chi connectivity index (χ2v) is 4.72. The number of anilines is 1. The predicted molar refractivity (Wildman–Crippen MR) is 77.8 cm³/mol. The van der Waals surface area contributed by atoms with Crippen molar-refractivity contribution in [3.8, 4) is 0 Å². The monoisotopic (exact) mass is 286 g/mol. The molecule has 7 nitrogen and oxygen atoms in total. The Balaban J connectivity index is 2.38. The number of aliphatic carboxylic acids is 1. The minimum atomic E-state index is -0.938. The van der Waals surface area contributed by atoms with E-state index < -0.39 is 5.97 Å². The van der Waals surface area contributed by atoms with E-state index in [9.17, 15) is 4.79 Å². The molecule has 1 aromatic carbocycles. The third-order valence-corrected chi connectivity index (χ3v) is 3.34. The van der Waals surface area contributed by atoms with E-state index in [-0.39, 0.29) is 6.54 Å². The van der Waals surface area contributed by atoms with E-state index in [0.717, 1.165) is 16.5 Å². The number of nitrogens with zero attached hydrogens (tertiary/aromatic N) is 3. The summed E-state index contributed by atoms with van der Waals surface area (Å²) in [6, 6.07) is 5.68. The van der Waals surface area contributed by atoms with Gasteiger partial charge in [-0.05, 0) is 17.7 Å². The molecule has 3 aromatic rings. The van der Waals surface area contributed by atoms with Gasteiger partial charge < -0.3 is 20.1 Å². The van der Waals surface area contributed by atoms with Crippen LogP contribution in [0.2, 0.25) is 0 Å². The van der Waals surface area contributed by atoms with Crippen LogP contribution in [0.25, 0.3) is 21.9 Å². The summed E-state index contributed by atoms with van der Waals surface area (Å²) in [5, 5.41) is 10.6. The number of hydrogen-bond donors (Lipinski definition) is 2. The molecule has 0 aliphatic carbocycles. The van der Waals surface area contributed by atoms with Crippen LogP contribution in [0.15, 0.2) is 24.5 Å². The summed E-state index contributed by atoms with van der Waals surface area (Å²) in [4.78, 5) is 19.3. The summed E-state index contributed by atoms with van der Waals surface area (Å²) < 4.78 is 6.75. The molecule has 7 heteroatoms. The molecule has 2 aromatic heterocycles. The Labute approximate surface area is 120 Å². The van der Waals surface area contributed by atoms with Crippen LogP contribution in [0, 0.1) is 0 Å². The number of nitrogens with two attached hydrogens (primary N) is 1. The minimum Gasteiger partial charge on any atom is -0.480 e. The van der Waals surface area contributed by atoms with Gasteiger partial charge in [-0.3, -0.25) is 4.79 Å². The highest BCUT2D eigenvalue weighted by molar-refractivity contribution is 6.11. The van der Waals surface area contributed by atoms with Crippen LogP contribution in [0.3, 0.4) is 0 Å². The highest BCUT2D eigenvalue weighted by Crippen LogP contribution is 2.31. The van der Waals surface area contributed by atoms with Crippen LogP contribution in [-0.2, 0) is 22.7 Å². The predicted octanol–water partition coefficient (Wildman–Crippen LogP) is 1.40. The van der Waals surface area contributed by atoms with Crippen molar-refractivity contribution >= 4 is 33.7 Å². The molecule has 108 valence electrons. The van der Waals surface area contributed by atoms with Crippen molar-refractivity contribution in [2.24, 2.45) is 0 Å². The van der Waals surface area contributed by atoms with Crippen molar-refractivity contribution < 1.29 is 14.6 Å². The van der Waals surface area contributed by atoms with Crippen LogP contribution in [0.5, 0.6) is 0 Å². The lowest BCUT2D eigenvalue weighted by Gasteiger charge is -2.03. The van der Waals surface area contributed by atoms with Gasteiger partial charge >= 0.3 is 5.97 Å². The van der Waals surface area contributed by atoms with Crippen LogP contribution in [0.1, 0.15) is 5.56 Å². The summed E-state index contributed by atoms with van der Waals surface area (Å²) >= 11 is 0. The van der Waals surface area contributed by atoms with Gasteiger partial charge in [0.05, 0.1) is 17.5 Å². The van der Waals surface area contributed by atoms with Crippen molar-refractivity contribution in [3.05, 3.63) is 30.1 Å². The van der Waals surface area contributed by atoms with Gasteiger partial charge in [0.2, 0.25) is 0 Å². The molecular weight excluding hydrogens is 272 g/mol. The lowest BCUT2D eigenvalue weighted by molar-refractivity contribution is -0.137. The van der Waals surface area contributed by atoms with Gasteiger partial charge in [0, 0.05) is 12.5 Å². The first-order valence-electron chi connectivity index (χ1n) is 6.34. The molecule has 0 aliphatic heterocycles. The van der Waals surface area contributed by atoms with Gasteiger partial charge in [-0.2, -0.15) is 0 Å². The maximum absolute atomic E-state index is 11.1. The Morgan fingerprint density at radius 2 is 2.24 bits per heavy atom. The third-order valence-electron chi connectivity index (χ3n) is 3.34. The summed E-state index contributed by atoms with van der Waals surface area (Å²) in [5.41, 5.74) is 8.21. The summed E-state index contributed by atoms with van der Waals surface area (Å²) in [5.74, 6) is -0.601. The standard InChI is InChI=1S/C14H14N4O3/c1-21-6-8-2-3-10-9(4-8)12-13(15)16-7-17-14(12)18(10)5-11(19)20/h2-4,7H,5-6H2,1H3,(H,19,20)(H2,15,16,17). The van der Waals surface area contributed by atoms with Gasteiger partial charge in [0.25, 0.3) is 0 Å². The summed E-state index contributed by atoms with van der Waals surface area (Å²) in [6.45, 7) is 0.287. The quantitative estimate of drug-likeness (QED) is 0.751. The first-order valence-corrected chi connectivity index (χ1v) is 6.34. The molecule has 0 spiro atoms. The van der Waals surface area contributed by atoms with Crippen molar-refractivity contribution in [3.63, 3.8) is 0 Å². The second kappa shape index (κ2) is 5.02. The fourth-order valence-electron chi connectivity index (χ4n) is 2.54. The van der Waals surface area contributed by atoms with Gasteiger partial charge in [-0.1, -0.05) is 6.07 Å². The maximum atomic E-state index is 11.1. The molecule has 0 unspecified atom stereocenters. The van der Waals surface area contributed by atoms with Crippen LogP contribution >= 0.6 is 0 Å². The SMILES string of the molecule is COCc1ccc2c(c1)c1c(N)ncnc1n2CC(=O)O. The molecule has 0 aliphatic rings. The number of methoxy groups -OCH3 is 1. The van der Waals surface area contributed by atoms with E-state index in [1.807, 2.05) is 18.2 Å². The number of carbonyl (C=O) groups is 1. The third kappa shape index (κ3) is 2.17. The van der Waals surface area contributed by atoms with E-state index in [2.05, 4.69) is 9.97 Å². The average Bonchev–Trinajstić information content (AvgIpc) is 2.74. The van der Waals surface area contributed by atoms with Crippen molar-refractivity contribution in [1.82, 2.24) is 14.5 Å². The topological polar surface area (TPSA) is 103 Å². The average molecular weight is 286 g/mol. The number of fused-ring (bicyclic) bond motifs is 3. The highest BCUT2D eigenvalue weighted by Gasteiger charge is 2.16. The van der Waals surface area contributed by atoms with E-state index in [1.165, 1.54) is 6.33 Å². The first-order chi connectivity index (χ1) is 10.1. The Morgan fingerprint density at radius 1 is 1.43 bits per heavy atom. The molecule has 3 rings (SSSR count). The lowest BCUT2D eigenvalue weighted by atomic mass is 10.1. The zero-order chi connectivity index (χ0) is 15.0. The smallest absolute Gasteiger partial charge is 0.323 e. The summed E-state index contributed by atoms with van der Waals surface area (Å²) in [7, 11) is 1.62. The van der Waals surface area contributed by atoms with Crippen molar-refractivity contribution in [2.75, 3.05) is 12.8 Å². The number of carboxylic acids is 1. The van der Waals surface area contributed by atoms with Crippen LogP contribution < -0.4 is 5.73 Å². The van der Waals surface area contributed by atoms with Crippen molar-refractivity contribution in [1.29, 1.82) is 0 Å². The molecule has 0 amide bonds. The largest absolute Gasteiger partial charge is 0.480 e.